The van der Waals surface area contributed by atoms with Gasteiger partial charge in [0, 0.05) is 23.0 Å². The van der Waals surface area contributed by atoms with Crippen molar-refractivity contribution in [2.75, 3.05) is 12.4 Å². The lowest BCUT2D eigenvalue weighted by molar-refractivity contribution is 0.102. The molecule has 9 nitrogen and oxygen atoms in total. The van der Waals surface area contributed by atoms with Crippen LogP contribution in [0.2, 0.25) is 5.15 Å². The zero-order valence-electron chi connectivity index (χ0n) is 17.7. The maximum Gasteiger partial charge on any atom is 0.324 e. The highest BCUT2D eigenvalue weighted by molar-refractivity contribution is 7.13. The number of aromatic nitrogens is 4. The number of halogens is 1. The van der Waals surface area contributed by atoms with Crippen molar-refractivity contribution in [1.82, 2.24) is 20.2 Å². The normalized spacial score (nSPS) is 13.8. The van der Waals surface area contributed by atoms with Crippen LogP contribution in [0.1, 0.15) is 48.2 Å². The molecule has 3 N–H and O–H groups in total. The molecular formula is C21H24ClN5O4S. The number of hydrogen-bond acceptors (Lipinski definition) is 8. The molecular weight excluding hydrogens is 454 g/mol. The summed E-state index contributed by atoms with van der Waals surface area (Å²) in [4.78, 5) is 31.6. The fraction of sp³-hybridized carbons (Fsp3) is 0.381. The number of rotatable bonds is 4. The van der Waals surface area contributed by atoms with E-state index in [0.717, 1.165) is 24.2 Å². The minimum Gasteiger partial charge on any atom is -0.494 e. The third-order valence-electron chi connectivity index (χ3n) is 4.86. The summed E-state index contributed by atoms with van der Waals surface area (Å²) in [5, 5.41) is 17.9. The number of amides is 1. The van der Waals surface area contributed by atoms with Crippen LogP contribution in [0.15, 0.2) is 29.3 Å². The summed E-state index contributed by atoms with van der Waals surface area (Å²) >= 11 is 6.79. The van der Waals surface area contributed by atoms with Crippen LogP contribution < -0.4 is 14.9 Å². The molecule has 3 heterocycles. The number of ether oxygens (including phenoxy) is 1. The van der Waals surface area contributed by atoms with E-state index in [-0.39, 0.29) is 26.8 Å². The monoisotopic (exact) mass is 477 g/mol. The highest BCUT2D eigenvalue weighted by Gasteiger charge is 2.19. The number of anilines is 1. The molecule has 0 aliphatic heterocycles. The number of nitrogens with one attached hydrogen (secondary N) is 2. The molecule has 1 fully saturated rings. The second-order valence-electron chi connectivity index (χ2n) is 7.24. The van der Waals surface area contributed by atoms with Crippen LogP contribution in [0.4, 0.5) is 5.13 Å². The van der Waals surface area contributed by atoms with Gasteiger partial charge in [0.25, 0.3) is 5.91 Å². The fourth-order valence-electron chi connectivity index (χ4n) is 3.28. The zero-order chi connectivity index (χ0) is 23.1. The van der Waals surface area contributed by atoms with Gasteiger partial charge in [-0.25, -0.2) is 10.1 Å². The number of pyridine rings is 2. The molecule has 4 rings (SSSR count). The highest BCUT2D eigenvalue weighted by Crippen LogP contribution is 2.34. The minimum atomic E-state index is -0.458. The van der Waals surface area contributed by atoms with Crippen molar-refractivity contribution >= 4 is 34.0 Å². The van der Waals surface area contributed by atoms with Crippen LogP contribution in [0.3, 0.4) is 0 Å². The molecule has 3 aromatic rings. The second kappa shape index (κ2) is 11.2. The zero-order valence-corrected chi connectivity index (χ0v) is 19.3. The predicted molar refractivity (Wildman–Crippen MR) is 124 cm³/mol. The van der Waals surface area contributed by atoms with Gasteiger partial charge in [0.05, 0.1) is 25.0 Å². The Kier molecular flexibility index (Phi) is 8.32. The first-order valence-corrected chi connectivity index (χ1v) is 11.3. The Bertz CT molecular complexity index is 1130. The molecule has 0 radical (unpaired) electrons. The SMILES string of the molecule is COc1cnc(Cl)cc1-c1cc(C)ncc1C(=O)Nc1n[nH]c(=O)s1.OC1CCCCC1. The average Bonchev–Trinajstić information content (AvgIpc) is 3.19. The van der Waals surface area contributed by atoms with Crippen LogP contribution in [0, 0.1) is 6.92 Å². The standard InChI is InChI=1S/C15H12ClN5O3S.C6H12O/c1-7-3-8(9-4-12(16)18-6-11(9)24-2)10(5-17-7)13(22)19-14-20-21-15(23)25-14;7-6-4-2-1-3-5-6/h3-6H,1-2H3,(H,21,23)(H,19,20,22);6-7H,1-5H2. The number of aromatic amines is 1. The molecule has 32 heavy (non-hydrogen) atoms. The molecule has 11 heteroatoms. The van der Waals surface area contributed by atoms with E-state index in [1.807, 2.05) is 0 Å². The number of nitrogens with zero attached hydrogens (tertiary/aromatic N) is 3. The van der Waals surface area contributed by atoms with Crippen molar-refractivity contribution in [3.05, 3.63) is 50.6 Å². The van der Waals surface area contributed by atoms with E-state index < -0.39 is 5.91 Å². The van der Waals surface area contributed by atoms with Crippen LogP contribution >= 0.6 is 22.9 Å². The number of aliphatic hydroxyl groups is 1. The maximum absolute atomic E-state index is 12.6. The van der Waals surface area contributed by atoms with E-state index in [2.05, 4.69) is 25.5 Å². The van der Waals surface area contributed by atoms with E-state index in [1.165, 1.54) is 38.8 Å². The first-order chi connectivity index (χ1) is 15.4. The van der Waals surface area contributed by atoms with Crippen LogP contribution in [0.5, 0.6) is 5.75 Å². The fourth-order valence-corrected chi connectivity index (χ4v) is 3.94. The third-order valence-corrected chi connectivity index (χ3v) is 5.73. The van der Waals surface area contributed by atoms with E-state index in [1.54, 1.807) is 19.1 Å². The second-order valence-corrected chi connectivity index (χ2v) is 8.59. The molecule has 1 saturated carbocycles. The van der Waals surface area contributed by atoms with Gasteiger partial charge in [0.2, 0.25) is 5.13 Å². The Morgan fingerprint density at radius 1 is 1.22 bits per heavy atom. The number of H-pyrrole nitrogens is 1. The molecule has 0 spiro atoms. The Labute approximate surface area is 193 Å². The van der Waals surface area contributed by atoms with E-state index in [4.69, 9.17) is 21.4 Å². The summed E-state index contributed by atoms with van der Waals surface area (Å²) in [6.45, 7) is 1.81. The molecule has 0 aromatic carbocycles. The maximum atomic E-state index is 12.6. The lowest BCUT2D eigenvalue weighted by Gasteiger charge is -2.14. The molecule has 1 amide bonds. The predicted octanol–water partition coefficient (Wildman–Crippen LogP) is 3.82. The number of carbonyl (C=O) groups is 1. The van der Waals surface area contributed by atoms with Gasteiger partial charge in [-0.05, 0) is 43.2 Å². The summed E-state index contributed by atoms with van der Waals surface area (Å²) in [5.41, 5.74) is 2.18. The number of hydrogen-bond donors (Lipinski definition) is 3. The third kappa shape index (κ3) is 6.35. The molecule has 1 aliphatic rings. The topological polar surface area (TPSA) is 130 Å². The molecule has 0 saturated heterocycles. The number of aliphatic hydroxyl groups excluding tert-OH is 1. The van der Waals surface area contributed by atoms with Gasteiger partial charge >= 0.3 is 4.87 Å². The van der Waals surface area contributed by atoms with Gasteiger partial charge in [0.1, 0.15) is 10.9 Å². The van der Waals surface area contributed by atoms with Crippen molar-refractivity contribution in [3.8, 4) is 16.9 Å². The summed E-state index contributed by atoms with van der Waals surface area (Å²) in [7, 11) is 1.50. The Morgan fingerprint density at radius 3 is 2.56 bits per heavy atom. The lowest BCUT2D eigenvalue weighted by atomic mass is 9.98. The van der Waals surface area contributed by atoms with Crippen molar-refractivity contribution in [1.29, 1.82) is 0 Å². The van der Waals surface area contributed by atoms with Gasteiger partial charge in [-0.2, -0.15) is 0 Å². The van der Waals surface area contributed by atoms with Crippen molar-refractivity contribution < 1.29 is 14.6 Å². The molecule has 0 bridgehead atoms. The number of aryl methyl sites for hydroxylation is 1. The average molecular weight is 478 g/mol. The molecule has 0 unspecified atom stereocenters. The Morgan fingerprint density at radius 2 is 1.97 bits per heavy atom. The minimum absolute atomic E-state index is 0.0359. The van der Waals surface area contributed by atoms with Gasteiger partial charge in [-0.3, -0.25) is 19.9 Å². The number of carbonyl (C=O) groups excluding carboxylic acids is 1. The van der Waals surface area contributed by atoms with Crippen LogP contribution in [-0.4, -0.2) is 44.4 Å². The summed E-state index contributed by atoms with van der Waals surface area (Å²) in [6.07, 6.45) is 8.85. The van der Waals surface area contributed by atoms with Gasteiger partial charge < -0.3 is 9.84 Å². The lowest BCUT2D eigenvalue weighted by Crippen LogP contribution is -2.14. The highest BCUT2D eigenvalue weighted by atomic mass is 35.5. The Balaban J connectivity index is 0.000000352. The van der Waals surface area contributed by atoms with Crippen molar-refractivity contribution in [2.45, 2.75) is 45.1 Å². The Hall–Kier alpha value is -2.82. The first-order valence-electron chi connectivity index (χ1n) is 10.1. The van der Waals surface area contributed by atoms with E-state index in [9.17, 15) is 9.59 Å². The molecule has 1 aliphatic carbocycles. The van der Waals surface area contributed by atoms with E-state index >= 15 is 0 Å². The smallest absolute Gasteiger partial charge is 0.324 e. The number of methoxy groups -OCH3 is 1. The van der Waals surface area contributed by atoms with Crippen molar-refractivity contribution in [2.24, 2.45) is 0 Å². The summed E-state index contributed by atoms with van der Waals surface area (Å²) < 4.78 is 5.32. The van der Waals surface area contributed by atoms with Gasteiger partial charge in [-0.15, -0.1) is 5.10 Å². The summed E-state index contributed by atoms with van der Waals surface area (Å²) in [5.74, 6) is 0.00807. The molecule has 3 aromatic heterocycles. The molecule has 0 atom stereocenters. The summed E-state index contributed by atoms with van der Waals surface area (Å²) in [6, 6.07) is 3.36. The van der Waals surface area contributed by atoms with Crippen LogP contribution in [0.25, 0.3) is 11.1 Å². The largest absolute Gasteiger partial charge is 0.494 e. The van der Waals surface area contributed by atoms with Crippen molar-refractivity contribution in [3.63, 3.8) is 0 Å². The van der Waals surface area contributed by atoms with E-state index in [0.29, 0.717) is 22.6 Å². The van der Waals surface area contributed by atoms with Crippen LogP contribution in [-0.2, 0) is 0 Å². The van der Waals surface area contributed by atoms with Gasteiger partial charge in [0.15, 0.2) is 0 Å². The van der Waals surface area contributed by atoms with Gasteiger partial charge in [-0.1, -0.05) is 30.9 Å². The quantitative estimate of drug-likeness (QED) is 0.487. The molecule has 170 valence electrons. The first kappa shape index (κ1) is 23.8.